The van der Waals surface area contributed by atoms with E-state index < -0.39 is 17.7 Å². The molecule has 8 nitrogen and oxygen atoms in total. The number of carbonyl (C=O) groups is 2. The standard InChI is InChI=1S/C30H38N2O6/c1-6-31(7-2)14-15-32-27(20-10-13-24(36-8-3)25(18-20)37-9-4)26(29(34)30(32)35)28(33)21-11-12-23-22(17-21)16-19(5)38-23/h10-13,17-19,27,33H,6-9,14-16H2,1-5H3/b28-26+/t19-,27+/m0/s1. The molecule has 0 radical (unpaired) electrons. The van der Waals surface area contributed by atoms with E-state index in [0.29, 0.717) is 55.4 Å². The van der Waals surface area contributed by atoms with Crippen LogP contribution in [0.2, 0.25) is 0 Å². The van der Waals surface area contributed by atoms with E-state index in [1.54, 1.807) is 23.1 Å². The number of amides is 1. The van der Waals surface area contributed by atoms with Crippen LogP contribution in [0.1, 0.15) is 57.4 Å². The number of benzene rings is 2. The van der Waals surface area contributed by atoms with Crippen LogP contribution in [0.3, 0.4) is 0 Å². The Morgan fingerprint density at radius 2 is 1.74 bits per heavy atom. The third-order valence-electron chi connectivity index (χ3n) is 7.14. The van der Waals surface area contributed by atoms with Crippen LogP contribution in [0.5, 0.6) is 17.2 Å². The molecule has 2 aromatic carbocycles. The minimum absolute atomic E-state index is 0.0499. The van der Waals surface area contributed by atoms with Gasteiger partial charge in [0.25, 0.3) is 11.7 Å². The molecule has 0 aliphatic carbocycles. The van der Waals surface area contributed by atoms with Crippen LogP contribution in [0.4, 0.5) is 0 Å². The predicted octanol–water partition coefficient (Wildman–Crippen LogP) is 4.57. The second kappa shape index (κ2) is 11.9. The molecule has 4 rings (SSSR count). The summed E-state index contributed by atoms with van der Waals surface area (Å²) in [4.78, 5) is 30.6. The molecule has 2 aliphatic rings. The highest BCUT2D eigenvalue weighted by molar-refractivity contribution is 6.46. The number of hydrogen-bond donors (Lipinski definition) is 1. The Morgan fingerprint density at radius 1 is 1.03 bits per heavy atom. The van der Waals surface area contributed by atoms with Gasteiger partial charge in [0.15, 0.2) is 11.5 Å². The third kappa shape index (κ3) is 5.36. The predicted molar refractivity (Wildman–Crippen MR) is 146 cm³/mol. The van der Waals surface area contributed by atoms with Crippen molar-refractivity contribution in [3.05, 3.63) is 58.7 Å². The molecule has 204 valence electrons. The highest BCUT2D eigenvalue weighted by atomic mass is 16.5. The summed E-state index contributed by atoms with van der Waals surface area (Å²) < 4.78 is 17.4. The van der Waals surface area contributed by atoms with Crippen molar-refractivity contribution in [1.29, 1.82) is 0 Å². The van der Waals surface area contributed by atoms with Crippen molar-refractivity contribution in [3.63, 3.8) is 0 Å². The number of ether oxygens (including phenoxy) is 3. The summed E-state index contributed by atoms with van der Waals surface area (Å²) in [5.41, 5.74) is 2.21. The molecule has 38 heavy (non-hydrogen) atoms. The molecule has 2 heterocycles. The molecule has 0 spiro atoms. The average Bonchev–Trinajstić information content (AvgIpc) is 3.41. The normalized spacial score (nSPS) is 20.1. The van der Waals surface area contributed by atoms with Crippen LogP contribution in [0.25, 0.3) is 5.76 Å². The van der Waals surface area contributed by atoms with E-state index in [1.807, 2.05) is 39.0 Å². The molecular weight excluding hydrogens is 484 g/mol. The van der Waals surface area contributed by atoms with Crippen LogP contribution in [-0.4, -0.2) is 72.1 Å². The fraction of sp³-hybridized carbons (Fsp3) is 0.467. The lowest BCUT2D eigenvalue weighted by Gasteiger charge is -2.28. The maximum atomic E-state index is 13.5. The summed E-state index contributed by atoms with van der Waals surface area (Å²) >= 11 is 0. The van der Waals surface area contributed by atoms with Crippen LogP contribution >= 0.6 is 0 Å². The van der Waals surface area contributed by atoms with Gasteiger partial charge in [-0.1, -0.05) is 19.9 Å². The lowest BCUT2D eigenvalue weighted by molar-refractivity contribution is -0.140. The summed E-state index contributed by atoms with van der Waals surface area (Å²) in [6, 6.07) is 10.1. The SMILES string of the molecule is CCOc1ccc([C@@H]2/C(=C(\O)c3ccc4c(c3)C[C@H](C)O4)C(=O)C(=O)N2CCN(CC)CC)cc1OCC. The topological polar surface area (TPSA) is 88.5 Å². The van der Waals surface area contributed by atoms with Crippen molar-refractivity contribution in [3.8, 4) is 17.2 Å². The Kier molecular flexibility index (Phi) is 8.62. The Morgan fingerprint density at radius 3 is 2.42 bits per heavy atom. The summed E-state index contributed by atoms with van der Waals surface area (Å²) in [7, 11) is 0. The van der Waals surface area contributed by atoms with E-state index in [1.165, 1.54) is 0 Å². The lowest BCUT2D eigenvalue weighted by atomic mass is 9.94. The quantitative estimate of drug-likeness (QED) is 0.263. The number of likely N-dealkylation sites (tertiary alicyclic amines) is 1. The molecule has 2 aromatic rings. The van der Waals surface area contributed by atoms with Gasteiger partial charge < -0.3 is 29.1 Å². The molecule has 2 aliphatic heterocycles. The molecule has 0 unspecified atom stereocenters. The first-order valence-electron chi connectivity index (χ1n) is 13.5. The minimum atomic E-state index is -0.760. The van der Waals surface area contributed by atoms with Gasteiger partial charge in [-0.05, 0) is 75.3 Å². The number of nitrogens with zero attached hydrogens (tertiary/aromatic N) is 2. The number of fused-ring (bicyclic) bond motifs is 1. The number of hydrogen-bond acceptors (Lipinski definition) is 7. The average molecular weight is 523 g/mol. The Bertz CT molecular complexity index is 1220. The van der Waals surface area contributed by atoms with Crippen LogP contribution in [0.15, 0.2) is 42.0 Å². The van der Waals surface area contributed by atoms with E-state index in [9.17, 15) is 14.7 Å². The highest BCUT2D eigenvalue weighted by Gasteiger charge is 2.46. The van der Waals surface area contributed by atoms with Gasteiger partial charge in [0.2, 0.25) is 0 Å². The maximum Gasteiger partial charge on any atom is 0.295 e. The number of aliphatic hydroxyl groups is 1. The fourth-order valence-electron chi connectivity index (χ4n) is 5.21. The van der Waals surface area contributed by atoms with Crippen molar-refractivity contribution in [2.45, 2.75) is 53.2 Å². The number of Topliss-reactive ketones (excluding diaryl/α,β-unsaturated/α-hetero) is 1. The lowest BCUT2D eigenvalue weighted by Crippen LogP contribution is -2.38. The second-order valence-corrected chi connectivity index (χ2v) is 9.55. The monoisotopic (exact) mass is 522 g/mol. The van der Waals surface area contributed by atoms with Crippen LogP contribution < -0.4 is 14.2 Å². The molecule has 2 atom stereocenters. The molecular formula is C30H38N2O6. The van der Waals surface area contributed by atoms with Gasteiger partial charge >= 0.3 is 0 Å². The molecule has 0 aromatic heterocycles. The number of rotatable bonds is 11. The van der Waals surface area contributed by atoms with Gasteiger partial charge in [-0.2, -0.15) is 0 Å². The van der Waals surface area contributed by atoms with E-state index in [4.69, 9.17) is 14.2 Å². The van der Waals surface area contributed by atoms with E-state index in [2.05, 4.69) is 18.7 Å². The summed E-state index contributed by atoms with van der Waals surface area (Å²) in [6.45, 7) is 13.4. The number of carbonyl (C=O) groups excluding carboxylic acids is 2. The van der Waals surface area contributed by atoms with Gasteiger partial charge in [0.1, 0.15) is 17.6 Å². The third-order valence-corrected chi connectivity index (χ3v) is 7.14. The number of aliphatic hydroxyl groups excluding tert-OH is 1. The summed E-state index contributed by atoms with van der Waals surface area (Å²) in [5.74, 6) is 0.402. The van der Waals surface area contributed by atoms with Crippen LogP contribution in [-0.2, 0) is 16.0 Å². The zero-order valence-corrected chi connectivity index (χ0v) is 23.0. The zero-order valence-electron chi connectivity index (χ0n) is 23.0. The van der Waals surface area contributed by atoms with Gasteiger partial charge in [-0.15, -0.1) is 0 Å². The minimum Gasteiger partial charge on any atom is -0.507 e. The second-order valence-electron chi connectivity index (χ2n) is 9.55. The molecule has 0 bridgehead atoms. The summed E-state index contributed by atoms with van der Waals surface area (Å²) in [5, 5.41) is 11.5. The largest absolute Gasteiger partial charge is 0.507 e. The molecule has 1 saturated heterocycles. The Balaban J connectivity index is 1.82. The van der Waals surface area contributed by atoms with Gasteiger partial charge in [-0.25, -0.2) is 0 Å². The zero-order chi connectivity index (χ0) is 27.4. The van der Waals surface area contributed by atoms with E-state index >= 15 is 0 Å². The smallest absolute Gasteiger partial charge is 0.295 e. The maximum absolute atomic E-state index is 13.5. The van der Waals surface area contributed by atoms with Gasteiger partial charge in [0.05, 0.1) is 24.8 Å². The Labute approximate surface area is 224 Å². The first kappa shape index (κ1) is 27.5. The molecule has 1 amide bonds. The number of ketones is 1. The van der Waals surface area contributed by atoms with Crippen molar-refractivity contribution >= 4 is 17.4 Å². The molecule has 8 heteroatoms. The van der Waals surface area contributed by atoms with E-state index in [0.717, 1.165) is 24.4 Å². The highest BCUT2D eigenvalue weighted by Crippen LogP contribution is 2.42. The fourth-order valence-corrected chi connectivity index (χ4v) is 5.21. The molecule has 1 fully saturated rings. The van der Waals surface area contributed by atoms with E-state index in [-0.39, 0.29) is 17.4 Å². The van der Waals surface area contributed by atoms with Crippen molar-refractivity contribution in [1.82, 2.24) is 9.80 Å². The van der Waals surface area contributed by atoms with Crippen molar-refractivity contribution in [2.75, 3.05) is 39.4 Å². The van der Waals surface area contributed by atoms with Gasteiger partial charge in [0, 0.05) is 25.1 Å². The summed E-state index contributed by atoms with van der Waals surface area (Å²) in [6.07, 6.45) is 0.767. The first-order valence-corrected chi connectivity index (χ1v) is 13.5. The van der Waals surface area contributed by atoms with Crippen LogP contribution in [0, 0.1) is 0 Å². The number of likely N-dealkylation sites (N-methyl/N-ethyl adjacent to an activating group) is 1. The van der Waals surface area contributed by atoms with Gasteiger partial charge in [-0.3, -0.25) is 9.59 Å². The molecule has 0 saturated carbocycles. The molecule has 1 N–H and O–H groups in total. The first-order chi connectivity index (χ1) is 18.3. The van der Waals surface area contributed by atoms with Crippen molar-refractivity contribution < 1.29 is 28.9 Å². The van der Waals surface area contributed by atoms with Crippen molar-refractivity contribution in [2.24, 2.45) is 0 Å². The Hall–Kier alpha value is -3.52.